The van der Waals surface area contributed by atoms with E-state index in [0.717, 1.165) is 64.2 Å². The minimum absolute atomic E-state index is 0. The maximum Gasteiger partial charge on any atom is 1.00 e. The Morgan fingerprint density at radius 2 is 0.747 bits per heavy atom. The molecule has 0 aliphatic rings. The van der Waals surface area contributed by atoms with Crippen molar-refractivity contribution < 1.29 is 91.8 Å². The Kier molecular flexibility index (Phi) is 17.3. The number of ketones is 1. The topological polar surface area (TPSA) is 345 Å². The molecule has 29 nitrogen and oxygen atoms in total. The fourth-order valence-electron chi connectivity index (χ4n) is 7.66. The van der Waals surface area contributed by atoms with Crippen molar-refractivity contribution in [1.29, 1.82) is 6.77 Å². The zero-order valence-corrected chi connectivity index (χ0v) is 50.3. The third-order valence-corrected chi connectivity index (χ3v) is 11.6. The third-order valence-electron chi connectivity index (χ3n) is 11.6. The fraction of sp³-hybridized carbons (Fsp3) is 0.625. The predicted octanol–water partition coefficient (Wildman–Crippen LogP) is -3.03. The molecule has 87 heavy (non-hydrogen) atoms. The summed E-state index contributed by atoms with van der Waals surface area (Å²) in [5, 5.41) is 32.4. The minimum atomic E-state index is -3.00. The van der Waals surface area contributed by atoms with Crippen LogP contribution in [-0.2, 0) is 87.1 Å². The van der Waals surface area contributed by atoms with Gasteiger partial charge in [0.2, 0.25) is 1.43 Å². The molecule has 0 fully saturated rings. The first kappa shape index (κ1) is 40.7. The molecular weight excluding hydrogens is 1140 g/mol. The number of aliphatic hydroxyl groups is 4. The van der Waals surface area contributed by atoms with E-state index in [1.807, 2.05) is 0 Å². The van der Waals surface area contributed by atoms with Gasteiger partial charge in [-0.25, -0.2) is 44.5 Å². The zero-order chi connectivity index (χ0) is 90.8. The quantitative estimate of drug-likeness (QED) is 0.0520. The van der Waals surface area contributed by atoms with Gasteiger partial charge in [-0.1, -0.05) is 23.1 Å². The maximum absolute atomic E-state index is 12.7. The van der Waals surface area contributed by atoms with Gasteiger partial charge in [0, 0.05) is 123 Å². The van der Waals surface area contributed by atoms with Crippen molar-refractivity contribution >= 4 is 58.7 Å². The van der Waals surface area contributed by atoms with Crippen LogP contribution in [0, 0.1) is 0 Å². The molecule has 0 radical (unpaired) electrons. The van der Waals surface area contributed by atoms with Crippen LogP contribution in [0.5, 0.6) is 0 Å². The van der Waals surface area contributed by atoms with Crippen molar-refractivity contribution in [3.8, 4) is 0 Å². The average molecular weight is 1270 g/mol. The number of carbonyl (C=O) groups is 1. The van der Waals surface area contributed by atoms with Gasteiger partial charge in [-0.3, -0.25) is 55.7 Å². The SMILES string of the molecule is C.C.[2H]OCC.[2H][B-]([2H])([2H])[2H].[2H]c1nc2c(c(=O)n(CCCC([2H])([2H])C(C)=O)c(=O)n2C)n1C([2H])([2H])[2H].[2H]c1nc2c(c(=O)n(CCCC([2H])([2H])C([2H])(C)O)c(=O)n2C)n1C([2H])([2H])[2H].[2H]c1nc2c(c(=O)n(CCCC([2H])([2H])[C@@]([2H])(C)O)c(=O)n2C)n1C([2H])([2H])[2H].[2H]c1nc2c(c(=O)n(CCCC([2H])([2H])[C@]([2H])(C)O)c(=O)n2C)n1C([2H])([2H])[2H].[Na+]. The Balaban J connectivity index is 0.00000149. The van der Waals surface area contributed by atoms with Gasteiger partial charge in [-0.05, 0) is 105 Å². The molecule has 1 unspecified atom stereocenters. The summed E-state index contributed by atoms with van der Waals surface area (Å²) in [6.45, 7) is -5.97. The molecule has 0 aromatic carbocycles. The summed E-state index contributed by atoms with van der Waals surface area (Å²) in [6.07, 6.45) is -20.0. The van der Waals surface area contributed by atoms with E-state index in [-0.39, 0.29) is 145 Å². The molecule has 4 N–H and O–H groups in total. The standard InChI is InChI=1S/3C13H20N4O3.C13H18N4O3.C2H6O.2CH4.BH4.Na/c4*1-9(18)6-4-5-7-17-12(19)10-11(14-8-15(10)2)16(3)13(17)20;1-2-3;;;;/h3*8-9,18H,4-7H2,1-3H3;8H,4-7H2,1-3H3;3H,2H2,1H3;3*1H4;/q;;;;;;;-1;+1/t2*9-;;;;;;;/m10......./s1/i3*2D3,6D2,8D,9D;2D3,6D2,8D;3D;;;1D4;. The molecule has 0 saturated heterocycles. The molecule has 482 valence electrons. The molecule has 31 heteroatoms. The minimum Gasteiger partial charge on any atom is -0.397 e. The first-order valence-electron chi connectivity index (χ1n) is 41.2. The zero-order valence-electron chi connectivity index (χ0n) is 80.3. The summed E-state index contributed by atoms with van der Waals surface area (Å²) in [5.74, 6) is -0.660. The van der Waals surface area contributed by atoms with Crippen molar-refractivity contribution in [1.82, 2.24) is 74.7 Å². The number of aryl methyl sites for hydroxylation is 8. The molecule has 0 aliphatic heterocycles. The van der Waals surface area contributed by atoms with Crippen molar-refractivity contribution in [2.75, 3.05) is 6.61 Å². The first-order chi connectivity index (χ1) is 52.0. The molecule has 0 bridgehead atoms. The Hall–Kier alpha value is -6.83. The van der Waals surface area contributed by atoms with Crippen LogP contribution in [0.2, 0.25) is 0 Å². The van der Waals surface area contributed by atoms with Crippen LogP contribution in [0.4, 0.5) is 0 Å². The van der Waals surface area contributed by atoms with E-state index in [2.05, 4.69) is 25.0 Å². The number of rotatable bonds is 21. The van der Waals surface area contributed by atoms with E-state index >= 15 is 0 Å². The molecule has 0 amide bonds. The van der Waals surface area contributed by atoms with E-state index in [1.165, 1.54) is 28.2 Å². The number of nitrogens with zero attached hydrogens (tertiary/aromatic N) is 16. The number of hydrogen-bond donors (Lipinski definition) is 4. The van der Waals surface area contributed by atoms with Gasteiger partial charge in [0.05, 0.1) is 47.6 Å². The number of fused-ring (bicyclic) bond motifs is 4. The molecule has 0 saturated carbocycles. The van der Waals surface area contributed by atoms with E-state index in [1.54, 1.807) is 6.92 Å². The Morgan fingerprint density at radius 1 is 0.529 bits per heavy atom. The number of carbonyl (C=O) groups excluding carboxylic acids is 1. The third kappa shape index (κ3) is 20.1. The van der Waals surface area contributed by atoms with Gasteiger partial charge in [0.25, 0.3) is 22.2 Å². The second-order valence-electron chi connectivity index (χ2n) is 17.8. The van der Waals surface area contributed by atoms with Crippen LogP contribution in [-0.4, -0.2) is 141 Å². The average Bonchev–Trinajstić information content (AvgIpc) is 1.62. The Morgan fingerprint density at radius 3 is 0.931 bits per heavy atom. The van der Waals surface area contributed by atoms with Crippen LogP contribution in [0.25, 0.3) is 44.7 Å². The Bertz CT molecular complexity index is 5000. The molecule has 0 aliphatic carbocycles. The van der Waals surface area contributed by atoms with E-state index in [9.17, 15) is 58.5 Å². The number of hydrogen-bond acceptors (Lipinski definition) is 17. The van der Waals surface area contributed by atoms with Crippen LogP contribution in [0.1, 0.15) is 163 Å². The van der Waals surface area contributed by atoms with Gasteiger partial charge in [0.15, 0.2) is 44.7 Å². The first-order valence-corrected chi connectivity index (χ1v) is 25.0. The molecule has 8 aromatic heterocycles. The number of imidazole rings is 4. The summed E-state index contributed by atoms with van der Waals surface area (Å²) < 4.78 is 243. The molecule has 8 aromatic rings. The number of aliphatic hydroxyl groups excluding tert-OH is 1. The molecule has 3 atom stereocenters. The number of Topliss-reactive ketones (excluding diaryl/α,β-unsaturated/α-hetero) is 1. The van der Waals surface area contributed by atoms with Crippen molar-refractivity contribution in [3.05, 3.63) is 109 Å². The summed E-state index contributed by atoms with van der Waals surface area (Å²) in [4.78, 5) is 126. The molecule has 8 heterocycles. The van der Waals surface area contributed by atoms with Crippen LogP contribution in [0.3, 0.4) is 0 Å². The molecular formula is C56H96BN16NaO13. The van der Waals surface area contributed by atoms with Crippen molar-refractivity contribution in [2.24, 2.45) is 56.1 Å². The predicted molar refractivity (Wildman–Crippen MR) is 340 cm³/mol. The second kappa shape index (κ2) is 37.1. The monoisotopic (exact) mass is 1270 g/mol. The van der Waals surface area contributed by atoms with Crippen LogP contribution in [0.15, 0.2) is 63.6 Å². The Labute approximate surface area is 573 Å². The van der Waals surface area contributed by atoms with E-state index in [4.69, 9.17) is 43.8 Å². The normalized spacial score (nSPS) is 19.5. The van der Waals surface area contributed by atoms with Crippen molar-refractivity contribution in [3.63, 3.8) is 0 Å². The summed E-state index contributed by atoms with van der Waals surface area (Å²) >= 11 is 0. The second-order valence-corrected chi connectivity index (χ2v) is 17.8. The van der Waals surface area contributed by atoms with Crippen LogP contribution < -0.4 is 74.6 Å². The van der Waals surface area contributed by atoms with E-state index < -0.39 is 178 Å². The van der Waals surface area contributed by atoms with Crippen molar-refractivity contribution in [2.45, 2.75) is 171 Å². The largest absolute Gasteiger partial charge is 1.00 e. The van der Waals surface area contributed by atoms with Gasteiger partial charge in [0.1, 0.15) is 11.3 Å². The van der Waals surface area contributed by atoms with Gasteiger partial charge in [-0.15, -0.1) is 0 Å². The molecule has 8 rings (SSSR count). The number of aromatic nitrogens is 16. The maximum atomic E-state index is 12.7. The van der Waals surface area contributed by atoms with Crippen LogP contribution >= 0.6 is 0 Å². The summed E-state index contributed by atoms with van der Waals surface area (Å²) in [6, 6.07) is 0. The van der Waals surface area contributed by atoms with E-state index in [0.29, 0.717) is 24.9 Å². The summed E-state index contributed by atoms with van der Waals surface area (Å²) in [5.41, 5.74) is -9.46. The smallest absolute Gasteiger partial charge is 0.397 e. The fourth-order valence-corrected chi connectivity index (χ4v) is 7.66. The van der Waals surface area contributed by atoms with Gasteiger partial charge >= 0.3 is 52.3 Å². The molecule has 0 spiro atoms. The summed E-state index contributed by atoms with van der Waals surface area (Å²) in [7, 11) is 2.14. The van der Waals surface area contributed by atoms with Gasteiger partial charge in [-0.2, -0.15) is 0 Å². The van der Waals surface area contributed by atoms with Gasteiger partial charge < -0.3 is 43.5 Å².